The summed E-state index contributed by atoms with van der Waals surface area (Å²) in [7, 11) is 4.99. The molecule has 0 aliphatic rings. The van der Waals surface area contributed by atoms with Crippen molar-refractivity contribution in [2.45, 2.75) is 213 Å². The van der Waals surface area contributed by atoms with Gasteiger partial charge in [0.15, 0.2) is 0 Å². The number of rotatable bonds is 36. The molecule has 0 atom stereocenters. The molecule has 0 radical (unpaired) electrons. The minimum absolute atomic E-state index is 0. The summed E-state index contributed by atoms with van der Waals surface area (Å²) in [6, 6.07) is 0. The first-order valence-electron chi connectivity index (χ1n) is 20.1. The molecular weight excluding hydrogens is 588 g/mol. The smallest absolute Gasteiger partial charge is 0.0911 e. The first-order valence-corrected chi connectivity index (χ1v) is 20.1. The number of halogens is 1. The quantitative estimate of drug-likeness (QED) is 0.0473. The number of hydrogen-bond donors (Lipinski definition) is 0. The van der Waals surface area contributed by atoms with Crippen LogP contribution in [-0.2, 0) is 0 Å². The molecule has 0 amide bonds. The molecule has 3 heteroatoms. The fourth-order valence-corrected chi connectivity index (χ4v) is 6.53. The lowest BCUT2D eigenvalue weighted by molar-refractivity contribution is -0.890. The standard InChI is InChI=1S/C40H85N2.BrH/c1-6-9-12-15-18-21-22-23-24-25-26-29-32-35-39-42(4,5)40-38-41(36-33-30-27-19-16-13-10-7-2)37-34-31-28-20-17-14-11-8-3;/h6-40H2,1-5H3;1H/q+1;/p-1. The molecule has 0 rings (SSSR count). The Morgan fingerprint density at radius 3 is 0.860 bits per heavy atom. The van der Waals surface area contributed by atoms with Crippen molar-refractivity contribution >= 4 is 0 Å². The third-order valence-electron chi connectivity index (χ3n) is 9.79. The molecule has 0 saturated heterocycles. The van der Waals surface area contributed by atoms with Crippen molar-refractivity contribution in [2.75, 3.05) is 46.8 Å². The average molecular weight is 674 g/mol. The van der Waals surface area contributed by atoms with Crippen molar-refractivity contribution in [1.82, 2.24) is 4.90 Å². The summed E-state index contributed by atoms with van der Waals surface area (Å²) in [6.45, 7) is 13.6. The van der Waals surface area contributed by atoms with Crippen LogP contribution in [0.15, 0.2) is 0 Å². The van der Waals surface area contributed by atoms with E-state index in [0.29, 0.717) is 0 Å². The van der Waals surface area contributed by atoms with E-state index in [1.165, 1.54) is 230 Å². The Labute approximate surface area is 285 Å². The topological polar surface area (TPSA) is 3.24 Å². The summed E-state index contributed by atoms with van der Waals surface area (Å²) < 4.78 is 1.21. The monoisotopic (exact) mass is 673 g/mol. The van der Waals surface area contributed by atoms with Crippen molar-refractivity contribution in [3.8, 4) is 0 Å². The second-order valence-corrected chi connectivity index (χ2v) is 14.8. The summed E-state index contributed by atoms with van der Waals surface area (Å²) in [5, 5.41) is 0. The van der Waals surface area contributed by atoms with Gasteiger partial charge in [-0.1, -0.05) is 188 Å². The van der Waals surface area contributed by atoms with Gasteiger partial charge in [-0.25, -0.2) is 0 Å². The molecule has 0 saturated carbocycles. The number of quaternary nitrogens is 1. The number of unbranched alkanes of at least 4 members (excludes halogenated alkanes) is 27. The van der Waals surface area contributed by atoms with Crippen LogP contribution in [0, 0.1) is 0 Å². The Morgan fingerprint density at radius 2 is 0.558 bits per heavy atom. The average Bonchev–Trinajstić information content (AvgIpc) is 2.98. The van der Waals surface area contributed by atoms with Gasteiger partial charge >= 0.3 is 0 Å². The van der Waals surface area contributed by atoms with E-state index in [1.54, 1.807) is 0 Å². The van der Waals surface area contributed by atoms with E-state index in [-0.39, 0.29) is 17.0 Å². The zero-order chi connectivity index (χ0) is 30.8. The maximum Gasteiger partial charge on any atom is 0.0911 e. The highest BCUT2D eigenvalue weighted by Gasteiger charge is 2.16. The molecule has 0 spiro atoms. The molecule has 0 aromatic rings. The molecule has 0 fully saturated rings. The maximum atomic E-state index is 2.85. The van der Waals surface area contributed by atoms with Crippen LogP contribution in [0.25, 0.3) is 0 Å². The van der Waals surface area contributed by atoms with Gasteiger partial charge in [0.1, 0.15) is 0 Å². The molecule has 0 aromatic carbocycles. The summed E-state index contributed by atoms with van der Waals surface area (Å²) >= 11 is 0. The van der Waals surface area contributed by atoms with Crippen molar-refractivity contribution in [3.63, 3.8) is 0 Å². The summed E-state index contributed by atoms with van der Waals surface area (Å²) in [6.07, 6.45) is 43.3. The largest absolute Gasteiger partial charge is 1.00 e. The van der Waals surface area contributed by atoms with Crippen LogP contribution in [0.2, 0.25) is 0 Å². The lowest BCUT2D eigenvalue weighted by Crippen LogP contribution is -3.00. The van der Waals surface area contributed by atoms with E-state index in [0.717, 1.165) is 0 Å². The second-order valence-electron chi connectivity index (χ2n) is 14.8. The molecular formula is C40H85BrN2. The van der Waals surface area contributed by atoms with Crippen molar-refractivity contribution in [3.05, 3.63) is 0 Å². The molecule has 2 nitrogen and oxygen atoms in total. The van der Waals surface area contributed by atoms with E-state index >= 15 is 0 Å². The van der Waals surface area contributed by atoms with Crippen molar-refractivity contribution in [1.29, 1.82) is 0 Å². The first kappa shape index (κ1) is 45.5. The van der Waals surface area contributed by atoms with Gasteiger partial charge in [0.05, 0.1) is 27.2 Å². The molecule has 0 aromatic heterocycles. The Kier molecular flexibility index (Phi) is 39.0. The zero-order valence-electron chi connectivity index (χ0n) is 31.0. The molecule has 0 aliphatic carbocycles. The Hall–Kier alpha value is 0.400. The fraction of sp³-hybridized carbons (Fsp3) is 1.00. The lowest BCUT2D eigenvalue weighted by atomic mass is 10.0. The minimum Gasteiger partial charge on any atom is -1.00 e. The van der Waals surface area contributed by atoms with Crippen LogP contribution in [0.5, 0.6) is 0 Å². The van der Waals surface area contributed by atoms with E-state index in [4.69, 9.17) is 0 Å². The van der Waals surface area contributed by atoms with Gasteiger partial charge in [0.25, 0.3) is 0 Å². The van der Waals surface area contributed by atoms with E-state index in [2.05, 4.69) is 39.8 Å². The first-order chi connectivity index (χ1) is 20.6. The van der Waals surface area contributed by atoms with Crippen LogP contribution in [0.3, 0.4) is 0 Å². The zero-order valence-corrected chi connectivity index (χ0v) is 32.6. The third-order valence-corrected chi connectivity index (χ3v) is 9.79. The molecule has 43 heavy (non-hydrogen) atoms. The normalized spacial score (nSPS) is 11.9. The van der Waals surface area contributed by atoms with Crippen molar-refractivity contribution in [2.24, 2.45) is 0 Å². The van der Waals surface area contributed by atoms with Gasteiger partial charge in [-0.15, -0.1) is 0 Å². The fourth-order valence-electron chi connectivity index (χ4n) is 6.53. The summed E-state index contributed by atoms with van der Waals surface area (Å²) in [4.78, 5) is 2.85. The van der Waals surface area contributed by atoms with Gasteiger partial charge in [-0.05, 0) is 38.8 Å². The Bertz CT molecular complexity index is 475. The van der Waals surface area contributed by atoms with Gasteiger partial charge in [0.2, 0.25) is 0 Å². The SMILES string of the molecule is CCCCCCCCCCCCCCCC[N+](C)(C)CCN(CCCCCCCCCC)CCCCCCCCCC.[Br-]. The second kappa shape index (κ2) is 36.9. The highest BCUT2D eigenvalue weighted by Crippen LogP contribution is 2.15. The lowest BCUT2D eigenvalue weighted by Gasteiger charge is -2.33. The van der Waals surface area contributed by atoms with E-state index in [1.807, 2.05) is 0 Å². The van der Waals surface area contributed by atoms with Crippen LogP contribution in [-0.4, -0.2) is 56.2 Å². The highest BCUT2D eigenvalue weighted by molar-refractivity contribution is 4.60. The maximum absolute atomic E-state index is 2.85. The van der Waals surface area contributed by atoms with Gasteiger partial charge in [-0.3, -0.25) is 4.90 Å². The van der Waals surface area contributed by atoms with Crippen LogP contribution < -0.4 is 17.0 Å². The molecule has 0 N–H and O–H groups in total. The predicted molar refractivity (Wildman–Crippen MR) is 194 cm³/mol. The Balaban J connectivity index is 0. The number of likely N-dealkylation sites (N-methyl/N-ethyl adjacent to an activating group) is 1. The predicted octanol–water partition coefficient (Wildman–Crippen LogP) is 10.1. The highest BCUT2D eigenvalue weighted by atomic mass is 79.9. The van der Waals surface area contributed by atoms with Gasteiger partial charge in [-0.2, -0.15) is 0 Å². The van der Waals surface area contributed by atoms with Crippen LogP contribution in [0.4, 0.5) is 0 Å². The third kappa shape index (κ3) is 36.7. The van der Waals surface area contributed by atoms with Gasteiger partial charge in [0, 0.05) is 6.54 Å². The van der Waals surface area contributed by atoms with E-state index in [9.17, 15) is 0 Å². The number of nitrogens with zero attached hydrogens (tertiary/aromatic N) is 2. The molecule has 0 unspecified atom stereocenters. The minimum atomic E-state index is 0. The molecule has 0 heterocycles. The van der Waals surface area contributed by atoms with Crippen molar-refractivity contribution < 1.29 is 21.5 Å². The van der Waals surface area contributed by atoms with E-state index < -0.39 is 0 Å². The van der Waals surface area contributed by atoms with Crippen LogP contribution >= 0.6 is 0 Å². The molecule has 262 valence electrons. The van der Waals surface area contributed by atoms with Crippen LogP contribution in [0.1, 0.15) is 213 Å². The summed E-state index contributed by atoms with van der Waals surface area (Å²) in [5.41, 5.74) is 0. The summed E-state index contributed by atoms with van der Waals surface area (Å²) in [5.74, 6) is 0. The number of hydrogen-bond acceptors (Lipinski definition) is 1. The molecule has 0 aliphatic heterocycles. The molecule has 0 bridgehead atoms. The Morgan fingerprint density at radius 1 is 0.302 bits per heavy atom. The van der Waals surface area contributed by atoms with Gasteiger partial charge < -0.3 is 21.5 Å².